The molecular formula is C6H6F2NS. The van der Waals surface area contributed by atoms with E-state index in [9.17, 15) is 8.78 Å². The largest absolute Gasteiger partial charge is 0.247 e. The predicted molar refractivity (Wildman–Crippen MR) is 36.3 cm³/mol. The Morgan fingerprint density at radius 3 is 2.80 bits per heavy atom. The zero-order valence-corrected chi connectivity index (χ0v) is 6.16. The number of aryl methyl sites for hydroxylation is 1. The van der Waals surface area contributed by atoms with Gasteiger partial charge in [-0.05, 0) is 24.5 Å². The van der Waals surface area contributed by atoms with Crippen molar-refractivity contribution in [3.8, 4) is 0 Å². The van der Waals surface area contributed by atoms with Crippen molar-refractivity contribution >= 4 is 11.5 Å². The predicted octanol–water partition coefficient (Wildman–Crippen LogP) is 2.27. The van der Waals surface area contributed by atoms with Gasteiger partial charge in [0, 0.05) is 4.88 Å². The number of rotatable bonds is 2. The molecule has 1 nitrogen and oxygen atoms in total. The molecule has 1 rings (SSSR count). The molecule has 55 valence electrons. The van der Waals surface area contributed by atoms with Crippen molar-refractivity contribution in [2.24, 2.45) is 0 Å². The summed E-state index contributed by atoms with van der Waals surface area (Å²) in [5.74, 6) is 0. The Kier molecular flexibility index (Phi) is 2.32. The van der Waals surface area contributed by atoms with Gasteiger partial charge in [-0.15, -0.1) is 0 Å². The van der Waals surface area contributed by atoms with E-state index in [0.29, 0.717) is 4.88 Å². The Balaban J connectivity index is 2.58. The van der Waals surface area contributed by atoms with Gasteiger partial charge in [-0.1, -0.05) is 0 Å². The van der Waals surface area contributed by atoms with Crippen LogP contribution in [0.25, 0.3) is 0 Å². The molecule has 0 aliphatic carbocycles. The first-order valence-electron chi connectivity index (χ1n) is 2.75. The van der Waals surface area contributed by atoms with Crippen LogP contribution < -0.4 is 0 Å². The van der Waals surface area contributed by atoms with Crippen LogP contribution in [0.1, 0.15) is 10.6 Å². The maximum Gasteiger partial charge on any atom is 0.247 e. The molecule has 0 spiro atoms. The van der Waals surface area contributed by atoms with Crippen molar-refractivity contribution in [3.05, 3.63) is 23.1 Å². The SMILES string of the molecule is Cc1cc([CH]C(F)F)sn1. The monoisotopic (exact) mass is 162 g/mol. The van der Waals surface area contributed by atoms with Crippen LogP contribution in [-0.4, -0.2) is 10.8 Å². The molecule has 10 heavy (non-hydrogen) atoms. The van der Waals surface area contributed by atoms with Crippen LogP contribution in [0.4, 0.5) is 8.78 Å². The van der Waals surface area contributed by atoms with Crippen molar-refractivity contribution in [3.63, 3.8) is 0 Å². The van der Waals surface area contributed by atoms with Crippen LogP contribution in [0, 0.1) is 13.3 Å². The molecule has 0 atom stereocenters. The average Bonchev–Trinajstić information content (AvgIpc) is 2.13. The fraction of sp³-hybridized carbons (Fsp3) is 0.333. The quantitative estimate of drug-likeness (QED) is 0.650. The third-order valence-electron chi connectivity index (χ3n) is 0.936. The van der Waals surface area contributed by atoms with Gasteiger partial charge in [-0.2, -0.15) is 4.37 Å². The van der Waals surface area contributed by atoms with Gasteiger partial charge in [0.2, 0.25) is 6.43 Å². The first-order valence-corrected chi connectivity index (χ1v) is 3.52. The number of alkyl halides is 2. The molecule has 4 heteroatoms. The standard InChI is InChI=1S/C6H6F2NS/c1-4-2-5(10-9-4)3-6(7)8/h2-3,6H,1H3. The number of aromatic nitrogens is 1. The summed E-state index contributed by atoms with van der Waals surface area (Å²) in [7, 11) is 0. The molecule has 0 saturated carbocycles. The number of hydrogen-bond donors (Lipinski definition) is 0. The summed E-state index contributed by atoms with van der Waals surface area (Å²) in [6.45, 7) is 1.78. The highest BCUT2D eigenvalue weighted by atomic mass is 32.1. The summed E-state index contributed by atoms with van der Waals surface area (Å²) < 4.78 is 27.2. The first-order chi connectivity index (χ1) is 4.68. The van der Waals surface area contributed by atoms with Gasteiger partial charge in [-0.3, -0.25) is 0 Å². The maximum atomic E-state index is 11.7. The third-order valence-corrected chi connectivity index (χ3v) is 1.78. The summed E-state index contributed by atoms with van der Waals surface area (Å²) in [4.78, 5) is 0.535. The second-order valence-corrected chi connectivity index (χ2v) is 2.71. The molecule has 0 N–H and O–H groups in total. The molecule has 0 bridgehead atoms. The van der Waals surface area contributed by atoms with E-state index >= 15 is 0 Å². The lowest BCUT2D eigenvalue weighted by atomic mass is 10.3. The van der Waals surface area contributed by atoms with Gasteiger partial charge in [-0.25, -0.2) is 8.78 Å². The van der Waals surface area contributed by atoms with Crippen LogP contribution in [0.15, 0.2) is 6.07 Å². The summed E-state index contributed by atoms with van der Waals surface area (Å²) in [6.07, 6.45) is -1.48. The van der Waals surface area contributed by atoms with E-state index in [0.717, 1.165) is 23.6 Å². The zero-order chi connectivity index (χ0) is 7.56. The lowest BCUT2D eigenvalue weighted by Gasteiger charge is -1.90. The number of halogens is 2. The van der Waals surface area contributed by atoms with Crippen LogP contribution in [0.3, 0.4) is 0 Å². The van der Waals surface area contributed by atoms with Crippen LogP contribution >= 0.6 is 11.5 Å². The molecule has 0 amide bonds. The second-order valence-electron chi connectivity index (χ2n) is 1.87. The summed E-state index contributed by atoms with van der Waals surface area (Å²) in [5.41, 5.74) is 0.789. The molecule has 1 heterocycles. The van der Waals surface area contributed by atoms with E-state index < -0.39 is 6.43 Å². The normalized spacial score (nSPS) is 10.8. The fourth-order valence-electron chi connectivity index (χ4n) is 0.586. The fourth-order valence-corrected chi connectivity index (χ4v) is 1.28. The van der Waals surface area contributed by atoms with Crippen LogP contribution in [0.2, 0.25) is 0 Å². The average molecular weight is 162 g/mol. The highest BCUT2D eigenvalue weighted by Gasteiger charge is 2.06. The minimum absolute atomic E-state index is 0.535. The maximum absolute atomic E-state index is 11.7. The molecule has 1 aromatic heterocycles. The van der Waals surface area contributed by atoms with E-state index in [-0.39, 0.29) is 0 Å². The summed E-state index contributed by atoms with van der Waals surface area (Å²) in [6, 6.07) is 1.64. The molecule has 0 aliphatic rings. The third kappa shape index (κ3) is 2.02. The highest BCUT2D eigenvalue weighted by Crippen LogP contribution is 2.15. The van der Waals surface area contributed by atoms with Crippen molar-refractivity contribution < 1.29 is 8.78 Å². The molecular weight excluding hydrogens is 156 g/mol. The van der Waals surface area contributed by atoms with Crippen molar-refractivity contribution in [1.82, 2.24) is 4.37 Å². The first kappa shape index (κ1) is 7.60. The molecule has 0 aromatic carbocycles. The van der Waals surface area contributed by atoms with Crippen molar-refractivity contribution in [2.45, 2.75) is 13.3 Å². The van der Waals surface area contributed by atoms with Crippen LogP contribution in [0.5, 0.6) is 0 Å². The second kappa shape index (κ2) is 3.05. The lowest BCUT2D eigenvalue weighted by molar-refractivity contribution is 0.190. The minimum atomic E-state index is -2.38. The number of hydrogen-bond acceptors (Lipinski definition) is 2. The van der Waals surface area contributed by atoms with Gasteiger partial charge >= 0.3 is 0 Å². The Labute approximate surface area is 61.9 Å². The topological polar surface area (TPSA) is 12.9 Å². The van der Waals surface area contributed by atoms with E-state index in [1.165, 1.54) is 0 Å². The Hall–Kier alpha value is -0.510. The smallest absolute Gasteiger partial charge is 0.210 e. The lowest BCUT2D eigenvalue weighted by Crippen LogP contribution is -1.89. The van der Waals surface area contributed by atoms with Crippen molar-refractivity contribution in [1.29, 1.82) is 0 Å². The summed E-state index contributed by atoms with van der Waals surface area (Å²) in [5, 5.41) is 0. The van der Waals surface area contributed by atoms with E-state index in [1.54, 1.807) is 13.0 Å². The minimum Gasteiger partial charge on any atom is -0.210 e. The van der Waals surface area contributed by atoms with Gasteiger partial charge in [0.05, 0.1) is 12.1 Å². The highest BCUT2D eigenvalue weighted by molar-refractivity contribution is 7.06. The van der Waals surface area contributed by atoms with E-state index in [2.05, 4.69) is 4.37 Å². The zero-order valence-electron chi connectivity index (χ0n) is 5.34. The Morgan fingerprint density at radius 1 is 1.70 bits per heavy atom. The van der Waals surface area contributed by atoms with E-state index in [4.69, 9.17) is 0 Å². The Bertz CT molecular complexity index is 209. The molecule has 0 fully saturated rings. The molecule has 0 saturated heterocycles. The number of nitrogens with zero attached hydrogens (tertiary/aromatic N) is 1. The molecule has 1 aromatic rings. The molecule has 0 aliphatic heterocycles. The summed E-state index contributed by atoms with van der Waals surface area (Å²) >= 11 is 1.09. The van der Waals surface area contributed by atoms with Gasteiger partial charge < -0.3 is 0 Å². The van der Waals surface area contributed by atoms with Crippen LogP contribution in [-0.2, 0) is 0 Å². The molecule has 0 unspecified atom stereocenters. The van der Waals surface area contributed by atoms with E-state index in [1.807, 2.05) is 0 Å². The van der Waals surface area contributed by atoms with Gasteiger partial charge in [0.1, 0.15) is 0 Å². The molecule has 1 radical (unpaired) electrons. The Morgan fingerprint density at radius 2 is 2.40 bits per heavy atom. The van der Waals surface area contributed by atoms with Crippen molar-refractivity contribution in [2.75, 3.05) is 0 Å². The van der Waals surface area contributed by atoms with Gasteiger partial charge in [0.15, 0.2) is 0 Å². The van der Waals surface area contributed by atoms with Gasteiger partial charge in [0.25, 0.3) is 0 Å².